The summed E-state index contributed by atoms with van der Waals surface area (Å²) >= 11 is 0. The predicted molar refractivity (Wildman–Crippen MR) is 101 cm³/mol. The minimum Gasteiger partial charge on any atom is -0.348 e. The number of carbonyl (C=O) groups excluding carboxylic acids is 1. The molecule has 3 aromatic rings. The average Bonchev–Trinajstić information content (AvgIpc) is 2.96. The second-order valence-corrected chi connectivity index (χ2v) is 5.93. The van der Waals surface area contributed by atoms with Gasteiger partial charge in [0.15, 0.2) is 0 Å². The van der Waals surface area contributed by atoms with Gasteiger partial charge in [0.1, 0.15) is 0 Å². The highest BCUT2D eigenvalue weighted by Crippen LogP contribution is 2.19. The Bertz CT molecular complexity index is 880. The number of aromatic nitrogens is 2. The van der Waals surface area contributed by atoms with E-state index in [1.165, 1.54) is 0 Å². The molecule has 0 saturated carbocycles. The number of rotatable bonds is 5. The summed E-state index contributed by atoms with van der Waals surface area (Å²) in [6.45, 7) is 2.40. The number of benzene rings is 2. The number of nitrogens with one attached hydrogen (secondary N) is 1. The number of carbonyl (C=O) groups is 1. The maximum atomic E-state index is 12.8. The fourth-order valence-electron chi connectivity index (χ4n) is 2.71. The molecule has 2 aromatic carbocycles. The van der Waals surface area contributed by atoms with Crippen LogP contribution in [0, 0.1) is 6.92 Å². The van der Waals surface area contributed by atoms with E-state index in [1.54, 1.807) is 4.68 Å². The van der Waals surface area contributed by atoms with Crippen LogP contribution >= 0.6 is 0 Å². The lowest BCUT2D eigenvalue weighted by Crippen LogP contribution is -2.24. The Morgan fingerprint density at radius 1 is 1.08 bits per heavy atom. The van der Waals surface area contributed by atoms with Gasteiger partial charge in [0.05, 0.1) is 5.69 Å². The lowest BCUT2D eigenvalue weighted by molar-refractivity contribution is -0.115. The highest BCUT2D eigenvalue weighted by atomic mass is 16.1. The number of nitrogens with zero attached hydrogens (tertiary/aromatic N) is 2. The van der Waals surface area contributed by atoms with Crippen LogP contribution < -0.4 is 5.32 Å². The molecule has 1 heterocycles. The van der Waals surface area contributed by atoms with Gasteiger partial charge in [-0.05, 0) is 24.1 Å². The Balaban J connectivity index is 1.85. The second-order valence-electron chi connectivity index (χ2n) is 5.93. The van der Waals surface area contributed by atoms with Crippen molar-refractivity contribution in [1.82, 2.24) is 15.1 Å². The molecule has 0 radical (unpaired) electrons. The van der Waals surface area contributed by atoms with Crippen LogP contribution in [0.2, 0.25) is 0 Å². The van der Waals surface area contributed by atoms with E-state index in [1.807, 2.05) is 86.9 Å². The van der Waals surface area contributed by atoms with Crippen molar-refractivity contribution in [3.63, 3.8) is 0 Å². The summed E-state index contributed by atoms with van der Waals surface area (Å²) in [5.41, 5.74) is 4.48. The topological polar surface area (TPSA) is 46.9 Å². The van der Waals surface area contributed by atoms with Crippen molar-refractivity contribution in [1.29, 1.82) is 0 Å². The van der Waals surface area contributed by atoms with Crippen LogP contribution in [0.4, 0.5) is 0 Å². The van der Waals surface area contributed by atoms with Gasteiger partial charge in [0.2, 0.25) is 0 Å². The van der Waals surface area contributed by atoms with E-state index in [0.29, 0.717) is 12.1 Å². The Labute approximate surface area is 147 Å². The van der Waals surface area contributed by atoms with Crippen molar-refractivity contribution in [3.8, 4) is 0 Å². The monoisotopic (exact) mass is 331 g/mol. The SMILES string of the molecule is Cc1nn(C)cc1CNC(=O)/C(=C\c1ccccc1)c1ccccc1. The van der Waals surface area contributed by atoms with Crippen molar-refractivity contribution in [3.05, 3.63) is 89.2 Å². The van der Waals surface area contributed by atoms with E-state index < -0.39 is 0 Å². The molecule has 0 atom stereocenters. The van der Waals surface area contributed by atoms with Crippen molar-refractivity contribution in [2.24, 2.45) is 7.05 Å². The Hall–Kier alpha value is -3.14. The fraction of sp³-hybridized carbons (Fsp3) is 0.143. The van der Waals surface area contributed by atoms with Crippen LogP contribution in [-0.2, 0) is 18.4 Å². The first-order valence-corrected chi connectivity index (χ1v) is 8.23. The molecule has 0 saturated heterocycles. The molecule has 1 N–H and O–H groups in total. The third kappa shape index (κ3) is 4.23. The molecule has 0 aliphatic heterocycles. The quantitative estimate of drug-likeness (QED) is 0.574. The van der Waals surface area contributed by atoms with Gasteiger partial charge >= 0.3 is 0 Å². The molecule has 1 aromatic heterocycles. The van der Waals surface area contributed by atoms with Crippen LogP contribution in [0.25, 0.3) is 11.6 Å². The van der Waals surface area contributed by atoms with E-state index >= 15 is 0 Å². The van der Waals surface area contributed by atoms with Gasteiger partial charge in [-0.1, -0.05) is 60.7 Å². The second kappa shape index (κ2) is 7.62. The molecular weight excluding hydrogens is 310 g/mol. The summed E-state index contributed by atoms with van der Waals surface area (Å²) in [6, 6.07) is 19.6. The molecule has 3 rings (SSSR count). The van der Waals surface area contributed by atoms with Crippen molar-refractivity contribution in [2.75, 3.05) is 0 Å². The standard InChI is InChI=1S/C21H21N3O/c1-16-19(15-24(2)23-16)14-22-21(25)20(18-11-7-4-8-12-18)13-17-9-5-3-6-10-17/h3-13,15H,14H2,1-2H3,(H,22,25)/b20-13-. The van der Waals surface area contributed by atoms with E-state index in [2.05, 4.69) is 10.4 Å². The summed E-state index contributed by atoms with van der Waals surface area (Å²) in [5.74, 6) is -0.0988. The number of hydrogen-bond donors (Lipinski definition) is 1. The smallest absolute Gasteiger partial charge is 0.252 e. The fourth-order valence-corrected chi connectivity index (χ4v) is 2.71. The maximum Gasteiger partial charge on any atom is 0.252 e. The Morgan fingerprint density at radius 2 is 1.72 bits per heavy atom. The zero-order valence-corrected chi connectivity index (χ0v) is 14.4. The van der Waals surface area contributed by atoms with Gasteiger partial charge in [0.25, 0.3) is 5.91 Å². The largest absolute Gasteiger partial charge is 0.348 e. The van der Waals surface area contributed by atoms with E-state index in [-0.39, 0.29) is 5.91 Å². The van der Waals surface area contributed by atoms with Crippen LogP contribution in [0.15, 0.2) is 66.9 Å². The molecule has 0 fully saturated rings. The lowest BCUT2D eigenvalue weighted by atomic mass is 10.0. The molecule has 0 spiro atoms. The Morgan fingerprint density at radius 3 is 2.32 bits per heavy atom. The molecule has 25 heavy (non-hydrogen) atoms. The molecule has 126 valence electrons. The molecule has 4 heteroatoms. The van der Waals surface area contributed by atoms with E-state index in [9.17, 15) is 4.79 Å². The molecule has 4 nitrogen and oxygen atoms in total. The van der Waals surface area contributed by atoms with Gasteiger partial charge < -0.3 is 5.32 Å². The zero-order valence-electron chi connectivity index (χ0n) is 14.4. The minimum absolute atomic E-state index is 0.0988. The first-order valence-electron chi connectivity index (χ1n) is 8.23. The van der Waals surface area contributed by atoms with E-state index in [4.69, 9.17) is 0 Å². The van der Waals surface area contributed by atoms with Crippen molar-refractivity contribution < 1.29 is 4.79 Å². The molecule has 0 unspecified atom stereocenters. The highest BCUT2D eigenvalue weighted by Gasteiger charge is 2.13. The van der Waals surface area contributed by atoms with Gasteiger partial charge in [-0.2, -0.15) is 5.10 Å². The summed E-state index contributed by atoms with van der Waals surface area (Å²) in [6.07, 6.45) is 3.85. The summed E-state index contributed by atoms with van der Waals surface area (Å²) in [5, 5.41) is 7.32. The normalized spacial score (nSPS) is 11.4. The molecular formula is C21H21N3O. The van der Waals surface area contributed by atoms with Crippen molar-refractivity contribution in [2.45, 2.75) is 13.5 Å². The van der Waals surface area contributed by atoms with Gasteiger partial charge in [-0.25, -0.2) is 0 Å². The summed E-state index contributed by atoms with van der Waals surface area (Å²) in [4.78, 5) is 12.8. The van der Waals surface area contributed by atoms with Gasteiger partial charge in [0, 0.05) is 30.9 Å². The summed E-state index contributed by atoms with van der Waals surface area (Å²) in [7, 11) is 1.88. The number of amides is 1. The van der Waals surface area contributed by atoms with Crippen LogP contribution in [0.5, 0.6) is 0 Å². The van der Waals surface area contributed by atoms with Gasteiger partial charge in [-0.3, -0.25) is 9.48 Å². The molecule has 0 bridgehead atoms. The molecule has 1 amide bonds. The van der Waals surface area contributed by atoms with Crippen LogP contribution in [0.1, 0.15) is 22.4 Å². The minimum atomic E-state index is -0.0988. The van der Waals surface area contributed by atoms with Crippen LogP contribution in [-0.4, -0.2) is 15.7 Å². The number of hydrogen-bond acceptors (Lipinski definition) is 2. The molecule has 0 aliphatic carbocycles. The highest BCUT2D eigenvalue weighted by molar-refractivity contribution is 6.24. The van der Waals surface area contributed by atoms with E-state index in [0.717, 1.165) is 22.4 Å². The zero-order chi connectivity index (χ0) is 17.6. The first kappa shape index (κ1) is 16.7. The van der Waals surface area contributed by atoms with Gasteiger partial charge in [-0.15, -0.1) is 0 Å². The summed E-state index contributed by atoms with van der Waals surface area (Å²) < 4.78 is 1.76. The Kier molecular flexibility index (Phi) is 5.09. The average molecular weight is 331 g/mol. The number of aryl methyl sites for hydroxylation is 2. The third-order valence-corrected chi connectivity index (χ3v) is 3.99. The third-order valence-electron chi connectivity index (χ3n) is 3.99. The van der Waals surface area contributed by atoms with Crippen LogP contribution in [0.3, 0.4) is 0 Å². The van der Waals surface area contributed by atoms with Crippen molar-refractivity contribution >= 4 is 17.6 Å². The maximum absolute atomic E-state index is 12.8. The molecule has 0 aliphatic rings. The predicted octanol–water partition coefficient (Wildman–Crippen LogP) is 3.59. The first-order chi connectivity index (χ1) is 12.1. The lowest BCUT2D eigenvalue weighted by Gasteiger charge is -2.09.